The van der Waals surface area contributed by atoms with E-state index in [0.29, 0.717) is 13.0 Å². The summed E-state index contributed by atoms with van der Waals surface area (Å²) in [5.41, 5.74) is 3.09. The van der Waals surface area contributed by atoms with E-state index >= 15 is 0 Å². The van der Waals surface area contributed by atoms with Gasteiger partial charge in [-0.15, -0.1) is 29.9 Å². The van der Waals surface area contributed by atoms with Gasteiger partial charge in [0.05, 0.1) is 24.4 Å². The largest absolute Gasteiger partial charge is 0.392 e. The Morgan fingerprint density at radius 3 is 2.72 bits per heavy atom. The minimum Gasteiger partial charge on any atom is -0.392 e. The van der Waals surface area contributed by atoms with Crippen molar-refractivity contribution in [2.75, 3.05) is 26.7 Å². The zero-order valence-electron chi connectivity index (χ0n) is 16.3. The molecular weight excluding hydrogens is 415 g/mol. The first kappa shape index (κ1) is 23.6. The summed E-state index contributed by atoms with van der Waals surface area (Å²) in [6, 6.07) is 8.31. The van der Waals surface area contributed by atoms with Crippen LogP contribution in [-0.4, -0.2) is 69.7 Å². The van der Waals surface area contributed by atoms with Crippen LogP contribution in [0.15, 0.2) is 30.5 Å². The molecule has 3 N–H and O–H groups in total. The van der Waals surface area contributed by atoms with Gasteiger partial charge < -0.3 is 15.7 Å². The summed E-state index contributed by atoms with van der Waals surface area (Å²) in [6.07, 6.45) is 3.33. The number of β-amino-alcohol motifs (C(OH)–C–C–N with tert-alkyl or cyclic N) is 1. The molecular formula is C19H28Cl2N6O2. The molecule has 0 bridgehead atoms. The van der Waals surface area contributed by atoms with E-state index < -0.39 is 0 Å². The van der Waals surface area contributed by atoms with Crippen LogP contribution in [0.1, 0.15) is 24.4 Å². The Morgan fingerprint density at radius 2 is 2.07 bits per heavy atom. The Morgan fingerprint density at radius 1 is 1.31 bits per heavy atom. The molecule has 0 radical (unpaired) electrons. The summed E-state index contributed by atoms with van der Waals surface area (Å²) in [4.78, 5) is 14.0. The Bertz CT molecular complexity index is 800. The van der Waals surface area contributed by atoms with Gasteiger partial charge in [-0.2, -0.15) is 0 Å². The maximum Gasteiger partial charge on any atom is 0.236 e. The number of carbonyl (C=O) groups is 1. The number of aliphatic hydroxyl groups excluding tert-OH is 1. The molecule has 3 heterocycles. The Kier molecular flexibility index (Phi) is 8.42. The van der Waals surface area contributed by atoms with E-state index in [1.54, 1.807) is 7.05 Å². The summed E-state index contributed by atoms with van der Waals surface area (Å²) >= 11 is 0. The highest BCUT2D eigenvalue weighted by Crippen LogP contribution is 2.23. The van der Waals surface area contributed by atoms with Gasteiger partial charge in [0.25, 0.3) is 0 Å². The molecule has 0 unspecified atom stereocenters. The number of nitrogens with zero attached hydrogens (tertiary/aromatic N) is 4. The molecule has 10 heteroatoms. The third kappa shape index (κ3) is 5.46. The van der Waals surface area contributed by atoms with Crippen molar-refractivity contribution in [3.63, 3.8) is 0 Å². The number of rotatable bonds is 5. The highest BCUT2D eigenvalue weighted by atomic mass is 35.5. The first-order chi connectivity index (χ1) is 13.1. The molecule has 1 amide bonds. The number of benzene rings is 1. The van der Waals surface area contributed by atoms with Crippen molar-refractivity contribution < 1.29 is 9.90 Å². The molecule has 2 fully saturated rings. The lowest BCUT2D eigenvalue weighted by Gasteiger charge is -2.14. The number of hydrogen-bond donors (Lipinski definition) is 3. The number of aliphatic hydroxyl groups is 1. The first-order valence-corrected chi connectivity index (χ1v) is 9.49. The normalized spacial score (nSPS) is 24.0. The number of likely N-dealkylation sites (N-methyl/N-ethyl adjacent to an activating group) is 1. The van der Waals surface area contributed by atoms with E-state index in [1.807, 2.05) is 10.9 Å². The topological polar surface area (TPSA) is 95.3 Å². The van der Waals surface area contributed by atoms with Gasteiger partial charge in [0.2, 0.25) is 5.91 Å². The number of nitrogens with one attached hydrogen (secondary N) is 2. The van der Waals surface area contributed by atoms with E-state index in [-0.39, 0.29) is 48.9 Å². The van der Waals surface area contributed by atoms with Crippen molar-refractivity contribution in [1.82, 2.24) is 30.5 Å². The second-order valence-electron chi connectivity index (χ2n) is 7.42. The van der Waals surface area contributed by atoms with Crippen molar-refractivity contribution in [3.05, 3.63) is 36.0 Å². The third-order valence-corrected chi connectivity index (χ3v) is 5.46. The number of amides is 1. The summed E-state index contributed by atoms with van der Waals surface area (Å²) in [5, 5.41) is 24.1. The molecule has 8 nitrogen and oxygen atoms in total. The summed E-state index contributed by atoms with van der Waals surface area (Å²) < 4.78 is 1.85. The van der Waals surface area contributed by atoms with E-state index in [0.717, 1.165) is 37.3 Å². The SMILES string of the molecule is CNC(=O)[C@@H]1C[C@@H](n2cc(-c3ccc(CN4CC[C@@H](O)C4)cc3)nn2)CN1.Cl.Cl. The van der Waals surface area contributed by atoms with Crippen LogP contribution in [0.25, 0.3) is 11.3 Å². The van der Waals surface area contributed by atoms with Crippen molar-refractivity contribution in [1.29, 1.82) is 0 Å². The van der Waals surface area contributed by atoms with Gasteiger partial charge in [0.15, 0.2) is 0 Å². The molecule has 2 aliphatic heterocycles. The zero-order chi connectivity index (χ0) is 18.8. The standard InChI is InChI=1S/C19H26N6O2.2ClH/c1-20-19(27)17-8-15(9-21-17)25-12-18(22-23-25)14-4-2-13(3-5-14)10-24-7-6-16(26)11-24;;/h2-5,12,15-17,21,26H,6-11H2,1H3,(H,20,27);2*1H/t15-,16-,17+;;/m1../s1. The molecule has 1 aromatic carbocycles. The van der Waals surface area contributed by atoms with E-state index in [1.165, 1.54) is 5.56 Å². The first-order valence-electron chi connectivity index (χ1n) is 9.49. The fraction of sp³-hybridized carbons (Fsp3) is 0.526. The summed E-state index contributed by atoms with van der Waals surface area (Å²) in [5.74, 6) is 0.0129. The minimum atomic E-state index is -0.188. The van der Waals surface area contributed by atoms with Gasteiger partial charge in [-0.3, -0.25) is 9.69 Å². The van der Waals surface area contributed by atoms with Gasteiger partial charge in [-0.25, -0.2) is 4.68 Å². The van der Waals surface area contributed by atoms with Crippen LogP contribution in [-0.2, 0) is 11.3 Å². The van der Waals surface area contributed by atoms with E-state index in [4.69, 9.17) is 0 Å². The minimum absolute atomic E-state index is 0. The molecule has 0 saturated carbocycles. The molecule has 4 rings (SSSR count). The Labute approximate surface area is 182 Å². The molecule has 3 atom stereocenters. The Balaban J connectivity index is 0.00000150. The van der Waals surface area contributed by atoms with E-state index in [9.17, 15) is 9.90 Å². The monoisotopic (exact) mass is 442 g/mol. The smallest absolute Gasteiger partial charge is 0.236 e. The third-order valence-electron chi connectivity index (χ3n) is 5.46. The average molecular weight is 443 g/mol. The van der Waals surface area contributed by atoms with E-state index in [2.05, 4.69) is 50.1 Å². The highest BCUT2D eigenvalue weighted by Gasteiger charge is 2.30. The van der Waals surface area contributed by atoms with Crippen LogP contribution in [0, 0.1) is 0 Å². The Hall–Kier alpha value is -1.71. The number of likely N-dealkylation sites (tertiary alicyclic amines) is 1. The van der Waals surface area contributed by atoms with Crippen molar-refractivity contribution in [2.45, 2.75) is 37.6 Å². The molecule has 160 valence electrons. The van der Waals surface area contributed by atoms with Gasteiger partial charge >= 0.3 is 0 Å². The quantitative estimate of drug-likeness (QED) is 0.639. The molecule has 2 saturated heterocycles. The summed E-state index contributed by atoms with van der Waals surface area (Å²) in [6.45, 7) is 3.27. The van der Waals surface area contributed by atoms with Crippen LogP contribution in [0.4, 0.5) is 0 Å². The van der Waals surface area contributed by atoms with Gasteiger partial charge in [0, 0.05) is 38.8 Å². The van der Waals surface area contributed by atoms with Gasteiger partial charge in [-0.1, -0.05) is 29.5 Å². The van der Waals surface area contributed by atoms with Crippen LogP contribution in [0.2, 0.25) is 0 Å². The lowest BCUT2D eigenvalue weighted by molar-refractivity contribution is -0.122. The second-order valence-corrected chi connectivity index (χ2v) is 7.42. The second kappa shape index (κ2) is 10.4. The number of aromatic nitrogens is 3. The molecule has 1 aromatic heterocycles. The van der Waals surface area contributed by atoms with Crippen molar-refractivity contribution in [2.24, 2.45) is 0 Å². The maximum absolute atomic E-state index is 11.8. The number of hydrogen-bond acceptors (Lipinski definition) is 6. The fourth-order valence-corrected chi connectivity index (χ4v) is 3.87. The predicted molar refractivity (Wildman–Crippen MR) is 115 cm³/mol. The van der Waals surface area contributed by atoms with Crippen LogP contribution in [0.5, 0.6) is 0 Å². The van der Waals surface area contributed by atoms with Gasteiger partial charge in [-0.05, 0) is 18.4 Å². The molecule has 2 aromatic rings. The van der Waals surface area contributed by atoms with Crippen LogP contribution in [0.3, 0.4) is 0 Å². The molecule has 2 aliphatic rings. The zero-order valence-corrected chi connectivity index (χ0v) is 18.0. The number of carbonyl (C=O) groups excluding carboxylic acids is 1. The number of halogens is 2. The van der Waals surface area contributed by atoms with Gasteiger partial charge in [0.1, 0.15) is 5.69 Å². The highest BCUT2D eigenvalue weighted by molar-refractivity contribution is 5.85. The molecule has 0 aliphatic carbocycles. The average Bonchev–Trinajstić information content (AvgIpc) is 3.42. The van der Waals surface area contributed by atoms with Crippen LogP contribution >= 0.6 is 24.8 Å². The lowest BCUT2D eigenvalue weighted by atomic mass is 10.1. The van der Waals surface area contributed by atoms with Crippen molar-refractivity contribution >= 4 is 30.7 Å². The van der Waals surface area contributed by atoms with Crippen LogP contribution < -0.4 is 10.6 Å². The molecule has 0 spiro atoms. The maximum atomic E-state index is 11.8. The summed E-state index contributed by atoms with van der Waals surface area (Å²) in [7, 11) is 1.65. The predicted octanol–water partition coefficient (Wildman–Crippen LogP) is 1.00. The van der Waals surface area contributed by atoms with Crippen molar-refractivity contribution in [3.8, 4) is 11.3 Å². The lowest BCUT2D eigenvalue weighted by Crippen LogP contribution is -2.38. The molecule has 29 heavy (non-hydrogen) atoms. The fourth-order valence-electron chi connectivity index (χ4n) is 3.87.